The molecule has 2 aliphatic carbocycles. The Morgan fingerprint density at radius 1 is 1.22 bits per heavy atom. The van der Waals surface area contributed by atoms with Gasteiger partial charge in [-0.05, 0) is 51.9 Å². The molecule has 2 saturated carbocycles. The SMILES string of the molecule is C[C@@H]1CC(NC(=O)c2cc(C3CC3)on2)CCN1C(=O)[C@H]1CCC[C@H](N)C1. The van der Waals surface area contributed by atoms with Crippen LogP contribution in [0.4, 0.5) is 0 Å². The second kappa shape index (κ2) is 7.62. The number of amides is 2. The van der Waals surface area contributed by atoms with Gasteiger partial charge >= 0.3 is 0 Å². The number of carbonyl (C=O) groups excluding carboxylic acids is 2. The fraction of sp³-hybridized carbons (Fsp3) is 0.750. The predicted molar refractivity (Wildman–Crippen MR) is 100 cm³/mol. The van der Waals surface area contributed by atoms with E-state index in [0.29, 0.717) is 18.2 Å². The summed E-state index contributed by atoms with van der Waals surface area (Å²) in [5.41, 5.74) is 6.41. The van der Waals surface area contributed by atoms with Gasteiger partial charge in [-0.15, -0.1) is 0 Å². The fourth-order valence-corrected chi connectivity index (χ4v) is 4.53. The average Bonchev–Trinajstić information content (AvgIpc) is 3.38. The zero-order chi connectivity index (χ0) is 19.0. The van der Waals surface area contributed by atoms with Crippen molar-refractivity contribution < 1.29 is 14.1 Å². The Bertz CT molecular complexity index is 699. The van der Waals surface area contributed by atoms with Crippen molar-refractivity contribution in [3.05, 3.63) is 17.5 Å². The Balaban J connectivity index is 1.30. The molecule has 0 radical (unpaired) electrons. The number of hydrogen-bond acceptors (Lipinski definition) is 5. The van der Waals surface area contributed by atoms with Gasteiger partial charge in [0.05, 0.1) is 0 Å². The van der Waals surface area contributed by atoms with Crippen LogP contribution in [0.5, 0.6) is 0 Å². The second-order valence-corrected chi connectivity index (χ2v) is 8.59. The highest BCUT2D eigenvalue weighted by atomic mass is 16.5. The number of piperidine rings is 1. The van der Waals surface area contributed by atoms with Crippen molar-refractivity contribution in [2.24, 2.45) is 11.7 Å². The minimum Gasteiger partial charge on any atom is -0.360 e. The standard InChI is InChI=1S/C20H30N4O3/c1-12-9-16(22-19(25)17-11-18(27-23-17)13-5-6-13)7-8-24(12)20(26)14-3-2-4-15(21)10-14/h11-16H,2-10,21H2,1H3,(H,22,25)/t12-,14+,15+,16?/m1/s1. The smallest absolute Gasteiger partial charge is 0.273 e. The van der Waals surface area contributed by atoms with Crippen molar-refractivity contribution in [1.29, 1.82) is 0 Å². The molecular formula is C20H30N4O3. The van der Waals surface area contributed by atoms with Crippen LogP contribution in [0, 0.1) is 5.92 Å². The summed E-state index contributed by atoms with van der Waals surface area (Å²) in [5, 5.41) is 6.97. The number of nitrogens with zero attached hydrogens (tertiary/aromatic N) is 2. The van der Waals surface area contributed by atoms with Crippen LogP contribution in [0.2, 0.25) is 0 Å². The summed E-state index contributed by atoms with van der Waals surface area (Å²) in [6.45, 7) is 2.75. The molecule has 3 aliphatic rings. The summed E-state index contributed by atoms with van der Waals surface area (Å²) < 4.78 is 5.27. The molecule has 1 aliphatic heterocycles. The first kappa shape index (κ1) is 18.5. The van der Waals surface area contributed by atoms with Crippen LogP contribution in [0.15, 0.2) is 10.6 Å². The molecule has 7 heteroatoms. The molecule has 0 aromatic carbocycles. The van der Waals surface area contributed by atoms with Crippen molar-refractivity contribution in [2.75, 3.05) is 6.54 Å². The first-order valence-corrected chi connectivity index (χ1v) is 10.3. The van der Waals surface area contributed by atoms with Crippen molar-refractivity contribution >= 4 is 11.8 Å². The highest BCUT2D eigenvalue weighted by molar-refractivity contribution is 5.92. The maximum absolute atomic E-state index is 12.9. The lowest BCUT2D eigenvalue weighted by Gasteiger charge is -2.40. The van der Waals surface area contributed by atoms with Gasteiger partial charge < -0.3 is 20.5 Å². The van der Waals surface area contributed by atoms with E-state index in [1.807, 2.05) is 4.90 Å². The summed E-state index contributed by atoms with van der Waals surface area (Å²) in [4.78, 5) is 27.3. The molecule has 148 valence electrons. The highest BCUT2D eigenvalue weighted by Crippen LogP contribution is 2.40. The maximum Gasteiger partial charge on any atom is 0.273 e. The lowest BCUT2D eigenvalue weighted by molar-refractivity contribution is -0.140. The molecule has 1 saturated heterocycles. The Labute approximate surface area is 160 Å². The Morgan fingerprint density at radius 3 is 2.74 bits per heavy atom. The van der Waals surface area contributed by atoms with E-state index >= 15 is 0 Å². The van der Waals surface area contributed by atoms with Crippen LogP contribution in [-0.2, 0) is 4.79 Å². The molecule has 0 spiro atoms. The van der Waals surface area contributed by atoms with E-state index in [1.165, 1.54) is 0 Å². The second-order valence-electron chi connectivity index (χ2n) is 8.59. The summed E-state index contributed by atoms with van der Waals surface area (Å²) in [6.07, 6.45) is 7.59. The highest BCUT2D eigenvalue weighted by Gasteiger charge is 2.35. The Kier molecular flexibility index (Phi) is 5.21. The van der Waals surface area contributed by atoms with E-state index in [9.17, 15) is 9.59 Å². The fourth-order valence-electron chi connectivity index (χ4n) is 4.53. The van der Waals surface area contributed by atoms with Crippen molar-refractivity contribution in [3.63, 3.8) is 0 Å². The van der Waals surface area contributed by atoms with Gasteiger partial charge in [-0.1, -0.05) is 11.6 Å². The molecule has 0 bridgehead atoms. The van der Waals surface area contributed by atoms with Gasteiger partial charge in [0, 0.05) is 42.6 Å². The minimum absolute atomic E-state index is 0.0613. The van der Waals surface area contributed by atoms with Crippen molar-refractivity contribution in [2.45, 2.75) is 82.3 Å². The normalized spacial score (nSPS) is 31.6. The van der Waals surface area contributed by atoms with Crippen LogP contribution in [0.3, 0.4) is 0 Å². The van der Waals surface area contributed by atoms with Crippen LogP contribution in [0.25, 0.3) is 0 Å². The van der Waals surface area contributed by atoms with E-state index in [2.05, 4.69) is 17.4 Å². The van der Waals surface area contributed by atoms with E-state index in [0.717, 1.165) is 57.1 Å². The number of nitrogens with one attached hydrogen (secondary N) is 1. The van der Waals surface area contributed by atoms with Crippen LogP contribution in [0.1, 0.15) is 80.5 Å². The lowest BCUT2D eigenvalue weighted by atomic mass is 9.84. The van der Waals surface area contributed by atoms with Crippen LogP contribution in [-0.4, -0.2) is 46.5 Å². The number of carbonyl (C=O) groups is 2. The third-order valence-electron chi connectivity index (χ3n) is 6.30. The molecule has 1 aromatic heterocycles. The zero-order valence-electron chi connectivity index (χ0n) is 16.0. The van der Waals surface area contributed by atoms with Gasteiger partial charge in [0.15, 0.2) is 5.69 Å². The molecule has 2 heterocycles. The van der Waals surface area contributed by atoms with Crippen molar-refractivity contribution in [3.8, 4) is 0 Å². The zero-order valence-corrected chi connectivity index (χ0v) is 16.0. The molecule has 7 nitrogen and oxygen atoms in total. The Hall–Kier alpha value is -1.89. The number of aromatic nitrogens is 1. The van der Waals surface area contributed by atoms with Gasteiger partial charge in [-0.2, -0.15) is 0 Å². The number of hydrogen-bond donors (Lipinski definition) is 2. The topological polar surface area (TPSA) is 101 Å². The predicted octanol–water partition coefficient (Wildman–Crippen LogP) is 2.18. The minimum atomic E-state index is -0.180. The monoisotopic (exact) mass is 374 g/mol. The molecule has 4 atom stereocenters. The molecule has 3 N–H and O–H groups in total. The quantitative estimate of drug-likeness (QED) is 0.841. The third kappa shape index (κ3) is 4.18. The summed E-state index contributed by atoms with van der Waals surface area (Å²) >= 11 is 0. The van der Waals surface area contributed by atoms with Gasteiger partial charge in [-0.25, -0.2) is 0 Å². The molecule has 3 fully saturated rings. The van der Waals surface area contributed by atoms with Crippen LogP contribution < -0.4 is 11.1 Å². The summed E-state index contributed by atoms with van der Waals surface area (Å²) in [7, 11) is 0. The van der Waals surface area contributed by atoms with Gasteiger partial charge in [-0.3, -0.25) is 9.59 Å². The molecule has 1 unspecified atom stereocenters. The van der Waals surface area contributed by atoms with E-state index in [1.54, 1.807) is 6.07 Å². The molecule has 27 heavy (non-hydrogen) atoms. The first-order valence-electron chi connectivity index (χ1n) is 10.3. The van der Waals surface area contributed by atoms with Gasteiger partial charge in [0.2, 0.25) is 5.91 Å². The summed E-state index contributed by atoms with van der Waals surface area (Å²) in [5.74, 6) is 1.40. The summed E-state index contributed by atoms with van der Waals surface area (Å²) in [6, 6.07) is 2.10. The number of nitrogens with two attached hydrogens (primary N) is 1. The van der Waals surface area contributed by atoms with Gasteiger partial charge in [0.25, 0.3) is 5.91 Å². The van der Waals surface area contributed by atoms with E-state index in [-0.39, 0.29) is 35.9 Å². The molecular weight excluding hydrogens is 344 g/mol. The lowest BCUT2D eigenvalue weighted by Crippen LogP contribution is -2.53. The van der Waals surface area contributed by atoms with E-state index in [4.69, 9.17) is 10.3 Å². The largest absolute Gasteiger partial charge is 0.360 e. The Morgan fingerprint density at radius 2 is 2.04 bits per heavy atom. The maximum atomic E-state index is 12.9. The van der Waals surface area contributed by atoms with E-state index < -0.39 is 0 Å². The molecule has 1 aromatic rings. The van der Waals surface area contributed by atoms with Crippen molar-refractivity contribution in [1.82, 2.24) is 15.4 Å². The average molecular weight is 374 g/mol. The first-order chi connectivity index (χ1) is 13.0. The molecule has 2 amide bonds. The van der Waals surface area contributed by atoms with Crippen LogP contribution >= 0.6 is 0 Å². The third-order valence-corrected chi connectivity index (χ3v) is 6.30. The van der Waals surface area contributed by atoms with Gasteiger partial charge in [0.1, 0.15) is 5.76 Å². The molecule has 4 rings (SSSR count). The number of rotatable bonds is 4. The number of likely N-dealkylation sites (tertiary alicyclic amines) is 1.